The summed E-state index contributed by atoms with van der Waals surface area (Å²) in [5.41, 5.74) is 13.5. The molecule has 0 aliphatic carbocycles. The molecule has 0 spiro atoms. The number of aryl methyl sites for hydroxylation is 2. The fourth-order valence-electron chi connectivity index (χ4n) is 6.96. The fraction of sp³-hybridized carbons (Fsp3) is 0.417. The second-order valence-electron chi connectivity index (χ2n) is 13.0. The number of ether oxygens (including phenoxy) is 4. The molecule has 4 aromatic rings. The summed E-state index contributed by atoms with van der Waals surface area (Å²) < 4.78 is 56.6. The number of nitrogen functional groups attached to an aromatic ring is 1. The van der Waals surface area contributed by atoms with E-state index in [1.165, 1.54) is 15.3 Å². The molecule has 6 rings (SSSR count). The van der Waals surface area contributed by atoms with Crippen LogP contribution in [0, 0.1) is 13.8 Å². The lowest BCUT2D eigenvalue weighted by molar-refractivity contribution is -0.363. The minimum atomic E-state index is -3.99. The zero-order valence-corrected chi connectivity index (χ0v) is 30.0. The highest BCUT2D eigenvalue weighted by Crippen LogP contribution is 2.43. The quantitative estimate of drug-likeness (QED) is 0.0968. The molecule has 0 fully saturated rings. The number of anilines is 1. The number of H-pyrrole nitrogens is 1. The number of nitrogens with one attached hydrogen (secondary N) is 2. The van der Waals surface area contributed by atoms with Gasteiger partial charge in [0, 0.05) is 42.8 Å². The molecule has 0 saturated carbocycles. The second kappa shape index (κ2) is 16.2. The zero-order chi connectivity index (χ0) is 36.8. The van der Waals surface area contributed by atoms with E-state index in [1.54, 1.807) is 13.8 Å². The molecular formula is C36H45BF2N8O5. The molecule has 0 atom stereocenters. The van der Waals surface area contributed by atoms with Gasteiger partial charge in [0.25, 0.3) is 0 Å². The lowest BCUT2D eigenvalue weighted by atomic mass is 9.84. The van der Waals surface area contributed by atoms with E-state index in [0.29, 0.717) is 105 Å². The highest BCUT2D eigenvalue weighted by molar-refractivity contribution is 6.58. The van der Waals surface area contributed by atoms with Crippen LogP contribution >= 0.6 is 0 Å². The van der Waals surface area contributed by atoms with E-state index in [9.17, 15) is 4.79 Å². The number of benzene rings is 1. The first-order chi connectivity index (χ1) is 25.0. The fourth-order valence-corrected chi connectivity index (χ4v) is 6.96. The molecule has 3 aromatic heterocycles. The van der Waals surface area contributed by atoms with E-state index >= 15 is 8.63 Å². The number of carbonyl (C=O) groups excluding carboxylic acids is 1. The minimum Gasteiger partial charge on any atom is -0.471 e. The Labute approximate surface area is 301 Å². The largest absolute Gasteiger partial charge is 0.737 e. The first kappa shape index (κ1) is 36.9. The number of hydrogen-bond donors (Lipinski definition) is 3. The number of nitrogens with zero attached hydrogens (tertiary/aromatic N) is 5. The number of amides is 1. The smallest absolute Gasteiger partial charge is 0.471 e. The van der Waals surface area contributed by atoms with Gasteiger partial charge in [0.1, 0.15) is 17.8 Å². The van der Waals surface area contributed by atoms with Crippen molar-refractivity contribution in [2.45, 2.75) is 60.2 Å². The van der Waals surface area contributed by atoms with Crippen molar-refractivity contribution in [3.63, 3.8) is 0 Å². The highest BCUT2D eigenvalue weighted by Gasteiger charge is 2.54. The Morgan fingerprint density at radius 1 is 1.00 bits per heavy atom. The summed E-state index contributed by atoms with van der Waals surface area (Å²) in [4.78, 5) is 27.8. The van der Waals surface area contributed by atoms with Crippen molar-refractivity contribution in [2.24, 2.45) is 0 Å². The maximum atomic E-state index is 15.7. The molecule has 0 bridgehead atoms. The highest BCUT2D eigenvalue weighted by atomic mass is 19.2. The maximum absolute atomic E-state index is 15.7. The molecule has 13 nitrogen and oxygen atoms in total. The Hall–Kier alpha value is -4.93. The van der Waals surface area contributed by atoms with E-state index in [1.807, 2.05) is 50.3 Å². The monoisotopic (exact) mass is 718 g/mol. The van der Waals surface area contributed by atoms with Gasteiger partial charge in [0.2, 0.25) is 17.7 Å². The van der Waals surface area contributed by atoms with Crippen LogP contribution in [0.2, 0.25) is 0 Å². The number of imidazole rings is 1. The van der Waals surface area contributed by atoms with Crippen LogP contribution in [0.15, 0.2) is 54.0 Å². The third-order valence-electron chi connectivity index (χ3n) is 9.08. The van der Waals surface area contributed by atoms with Crippen LogP contribution in [0.3, 0.4) is 0 Å². The van der Waals surface area contributed by atoms with Crippen LogP contribution in [0.4, 0.5) is 14.6 Å². The lowest BCUT2D eigenvalue weighted by Gasteiger charge is -2.34. The number of allylic oxidation sites excluding steroid dienone is 3. The molecule has 5 heterocycles. The van der Waals surface area contributed by atoms with Crippen molar-refractivity contribution in [1.29, 1.82) is 0 Å². The normalized spacial score (nSPS) is 14.9. The molecule has 4 N–H and O–H groups in total. The molecular weight excluding hydrogens is 673 g/mol. The molecule has 16 heteroatoms. The van der Waals surface area contributed by atoms with E-state index in [4.69, 9.17) is 24.7 Å². The first-order valence-electron chi connectivity index (χ1n) is 17.5. The van der Waals surface area contributed by atoms with Crippen molar-refractivity contribution in [1.82, 2.24) is 29.7 Å². The summed E-state index contributed by atoms with van der Waals surface area (Å²) in [7, 11) is 0. The molecule has 0 radical (unpaired) electrons. The Bertz CT molecular complexity index is 2040. The number of halogens is 2. The first-order valence-corrected chi connectivity index (χ1v) is 17.5. The van der Waals surface area contributed by atoms with Gasteiger partial charge in [-0.2, -0.15) is 9.97 Å². The van der Waals surface area contributed by atoms with Gasteiger partial charge in [-0.15, -0.1) is 0 Å². The summed E-state index contributed by atoms with van der Waals surface area (Å²) in [6.45, 7) is 6.28. The zero-order valence-electron chi connectivity index (χ0n) is 30.0. The average Bonchev–Trinajstić information content (AvgIpc) is 3.79. The van der Waals surface area contributed by atoms with Crippen LogP contribution in [-0.2, 0) is 32.2 Å². The SMILES string of the molecule is CC1=CC(C)=[N+]2C1=C(CCCC(=O)NCCOCCOCCOCc1cccc(COc3nc(N)nc4nc[nH]c34)c1)c1c(C)cc(C)n1[B-]2(F)F. The van der Waals surface area contributed by atoms with E-state index in [-0.39, 0.29) is 18.3 Å². The Morgan fingerprint density at radius 3 is 2.52 bits per heavy atom. The third kappa shape index (κ3) is 8.08. The predicted octanol–water partition coefficient (Wildman–Crippen LogP) is 4.85. The van der Waals surface area contributed by atoms with Crippen molar-refractivity contribution < 1.29 is 36.9 Å². The second-order valence-corrected chi connectivity index (χ2v) is 13.0. The van der Waals surface area contributed by atoms with E-state index in [2.05, 4.69) is 25.3 Å². The van der Waals surface area contributed by atoms with Crippen LogP contribution < -0.4 is 15.8 Å². The van der Waals surface area contributed by atoms with Gasteiger partial charge in [0.15, 0.2) is 11.3 Å². The van der Waals surface area contributed by atoms with Crippen LogP contribution in [0.1, 0.15) is 61.2 Å². The van der Waals surface area contributed by atoms with Crippen molar-refractivity contribution >= 4 is 41.3 Å². The predicted molar refractivity (Wildman–Crippen MR) is 194 cm³/mol. The van der Waals surface area contributed by atoms with Crippen molar-refractivity contribution in [3.05, 3.63) is 82.1 Å². The molecule has 2 aliphatic rings. The summed E-state index contributed by atoms with van der Waals surface area (Å²) in [6, 6.07) is 9.69. The molecule has 2 aliphatic heterocycles. The minimum absolute atomic E-state index is 0.0945. The van der Waals surface area contributed by atoms with Crippen molar-refractivity contribution in [2.75, 3.05) is 45.3 Å². The Morgan fingerprint density at radius 2 is 1.73 bits per heavy atom. The molecule has 1 amide bonds. The van der Waals surface area contributed by atoms with Gasteiger partial charge in [-0.3, -0.25) is 4.79 Å². The summed E-state index contributed by atoms with van der Waals surface area (Å²) in [6.07, 6.45) is 4.68. The summed E-state index contributed by atoms with van der Waals surface area (Å²) in [5.74, 6) is 0.340. The number of fused-ring (bicyclic) bond motifs is 3. The van der Waals surface area contributed by atoms with E-state index < -0.39 is 6.97 Å². The lowest BCUT2D eigenvalue weighted by Crippen LogP contribution is -2.51. The van der Waals surface area contributed by atoms with Gasteiger partial charge < -0.3 is 52.6 Å². The van der Waals surface area contributed by atoms with Crippen LogP contribution in [0.5, 0.6) is 5.88 Å². The number of aromatic amines is 1. The van der Waals surface area contributed by atoms with Gasteiger partial charge in [-0.1, -0.05) is 24.3 Å². The van der Waals surface area contributed by atoms with Crippen LogP contribution in [0.25, 0.3) is 16.7 Å². The van der Waals surface area contributed by atoms with Crippen molar-refractivity contribution in [3.8, 4) is 5.88 Å². The number of carbonyl (C=O) groups is 1. The number of rotatable bonds is 18. The Kier molecular flexibility index (Phi) is 11.5. The maximum Gasteiger partial charge on any atom is 0.737 e. The summed E-state index contributed by atoms with van der Waals surface area (Å²) >= 11 is 0. The van der Waals surface area contributed by atoms with Gasteiger partial charge in [-0.25, -0.2) is 4.98 Å². The van der Waals surface area contributed by atoms with Gasteiger partial charge in [0.05, 0.1) is 46.0 Å². The van der Waals surface area contributed by atoms with Gasteiger partial charge in [-0.05, 0) is 62.1 Å². The molecule has 52 heavy (non-hydrogen) atoms. The van der Waals surface area contributed by atoms with Crippen LogP contribution in [-0.4, -0.2) is 87.1 Å². The molecule has 0 saturated heterocycles. The molecule has 276 valence electrons. The summed E-state index contributed by atoms with van der Waals surface area (Å²) in [5, 5.41) is 2.88. The van der Waals surface area contributed by atoms with Gasteiger partial charge >= 0.3 is 6.97 Å². The molecule has 1 aromatic carbocycles. The third-order valence-corrected chi connectivity index (χ3v) is 9.08. The average molecular weight is 719 g/mol. The number of hydrogen-bond acceptors (Lipinski definition) is 9. The topological polar surface area (TPSA) is 154 Å². The molecule has 0 unspecified atom stereocenters. The standard InChI is InChI=1S/C36H45BF2N8O5/c1-23-17-25(3)46-32(23)29(33-24(2)18-26(4)47(33)37(46,38)39)9-6-10-30(48)41-11-12-49-13-14-50-15-16-51-20-27-7-5-8-28(19-27)21-52-35-31-34(43-22-42-31)44-36(40)45-35/h5,7-8,17-19,22H,6,9-16,20-21H2,1-4H3,(H,41,48)(H3,40,42,43,44,45). The number of aromatic nitrogens is 5. The number of nitrogens with two attached hydrogens (primary N) is 1. The van der Waals surface area contributed by atoms with E-state index in [0.717, 1.165) is 27.8 Å². The Balaban J connectivity index is 0.826.